The van der Waals surface area contributed by atoms with E-state index in [0.717, 1.165) is 26.7 Å². The molecule has 0 saturated carbocycles. The number of halogens is 3. The second-order valence-corrected chi connectivity index (χ2v) is 10.7. The van der Waals surface area contributed by atoms with Crippen molar-refractivity contribution in [3.8, 4) is 11.4 Å². The number of rotatable bonds is 11. The number of hydrogen-bond acceptors (Lipinski definition) is 9. The lowest BCUT2D eigenvalue weighted by molar-refractivity contribution is -0.202. The van der Waals surface area contributed by atoms with Crippen molar-refractivity contribution in [1.82, 2.24) is 24.8 Å². The molecule has 3 aromatic carbocycles. The maximum atomic E-state index is 13.0. The quantitative estimate of drug-likeness (QED) is 0.130. The number of H-pyrrole nitrogens is 1. The molecule has 48 heavy (non-hydrogen) atoms. The molecule has 3 N–H and O–H groups in total. The molecular formula is C33H29F3N6O6. The minimum absolute atomic E-state index is 0.140. The SMILES string of the molecule is Cc1cn(CC(CC(=O)OC(=O)C(F)(F)F)NC(=O)OCc2ccccc2)c(=O)nc1NCc1cccc(-c2nc3ccccc3[nH]2)c1. The number of carbonyl (C=O) groups excluding carboxylic acids is 3. The predicted molar refractivity (Wildman–Crippen MR) is 167 cm³/mol. The van der Waals surface area contributed by atoms with E-state index in [9.17, 15) is 32.3 Å². The highest BCUT2D eigenvalue weighted by molar-refractivity contribution is 5.88. The van der Waals surface area contributed by atoms with Gasteiger partial charge in [0.15, 0.2) is 0 Å². The van der Waals surface area contributed by atoms with Gasteiger partial charge < -0.3 is 25.1 Å². The summed E-state index contributed by atoms with van der Waals surface area (Å²) in [4.78, 5) is 60.9. The third-order valence-corrected chi connectivity index (χ3v) is 7.03. The summed E-state index contributed by atoms with van der Waals surface area (Å²) in [6.07, 6.45) is -5.88. The monoisotopic (exact) mass is 662 g/mol. The second kappa shape index (κ2) is 14.6. The molecule has 0 bridgehead atoms. The van der Waals surface area contributed by atoms with Crippen LogP contribution < -0.4 is 16.3 Å². The highest BCUT2D eigenvalue weighted by atomic mass is 19.4. The molecule has 15 heteroatoms. The van der Waals surface area contributed by atoms with Crippen molar-refractivity contribution in [3.63, 3.8) is 0 Å². The third-order valence-electron chi connectivity index (χ3n) is 7.03. The summed E-state index contributed by atoms with van der Waals surface area (Å²) in [5, 5.41) is 5.47. The molecule has 2 aromatic heterocycles. The number of para-hydroxylation sites is 2. The van der Waals surface area contributed by atoms with Gasteiger partial charge >= 0.3 is 29.9 Å². The van der Waals surface area contributed by atoms with E-state index in [0.29, 0.717) is 23.5 Å². The number of alkyl halides is 3. The smallest absolute Gasteiger partial charge is 0.445 e. The first-order chi connectivity index (χ1) is 22.9. The van der Waals surface area contributed by atoms with Crippen molar-refractivity contribution in [1.29, 1.82) is 0 Å². The minimum atomic E-state index is -5.40. The van der Waals surface area contributed by atoms with Crippen LogP contribution in [0.4, 0.5) is 23.8 Å². The molecule has 0 spiro atoms. The number of carbonyl (C=O) groups is 3. The standard InChI is InChI=1S/C33H29F3N6O6/c1-20-17-42(18-24(15-27(43)48-30(44)33(34,35)36)38-32(46)47-19-21-8-3-2-4-9-21)31(45)41-28(20)37-16-22-10-7-11-23(14-22)29-39-25-12-5-6-13-26(25)40-29/h2-14,17,24H,15-16,18-19H2,1H3,(H,38,46)(H,39,40)(H,37,41,45). The van der Waals surface area contributed by atoms with Crippen LogP contribution in [0.1, 0.15) is 23.1 Å². The molecule has 5 rings (SSSR count). The largest absolute Gasteiger partial charge is 0.491 e. The zero-order chi connectivity index (χ0) is 34.3. The Balaban J connectivity index is 1.26. The molecule has 12 nitrogen and oxygen atoms in total. The predicted octanol–water partition coefficient (Wildman–Crippen LogP) is 5.02. The number of alkyl carbamates (subject to hydrolysis) is 1. The van der Waals surface area contributed by atoms with Crippen molar-refractivity contribution in [2.24, 2.45) is 0 Å². The van der Waals surface area contributed by atoms with E-state index >= 15 is 0 Å². The van der Waals surface area contributed by atoms with Gasteiger partial charge in [-0.1, -0.05) is 60.7 Å². The first-order valence-corrected chi connectivity index (χ1v) is 14.6. The van der Waals surface area contributed by atoms with Gasteiger partial charge in [0, 0.05) is 30.4 Å². The van der Waals surface area contributed by atoms with Crippen molar-refractivity contribution < 1.29 is 37.0 Å². The van der Waals surface area contributed by atoms with Crippen LogP contribution in [0.3, 0.4) is 0 Å². The fraction of sp³-hybridized carbons (Fsp3) is 0.212. The number of nitrogens with zero attached hydrogens (tertiary/aromatic N) is 3. The zero-order valence-electron chi connectivity index (χ0n) is 25.4. The summed E-state index contributed by atoms with van der Waals surface area (Å²) in [5.41, 5.74) is 3.88. The van der Waals surface area contributed by atoms with Crippen LogP contribution in [0.15, 0.2) is 89.9 Å². The van der Waals surface area contributed by atoms with Crippen LogP contribution in [0.2, 0.25) is 0 Å². The number of nitrogens with one attached hydrogen (secondary N) is 3. The van der Waals surface area contributed by atoms with E-state index in [1.807, 2.05) is 48.5 Å². The Bertz CT molecular complexity index is 1960. The van der Waals surface area contributed by atoms with Crippen molar-refractivity contribution in [2.75, 3.05) is 5.32 Å². The number of hydrogen-bond donors (Lipinski definition) is 3. The summed E-state index contributed by atoms with van der Waals surface area (Å²) in [6.45, 7) is 1.44. The highest BCUT2D eigenvalue weighted by Gasteiger charge is 2.42. The molecule has 0 aliphatic carbocycles. The van der Waals surface area contributed by atoms with Gasteiger partial charge in [0.2, 0.25) is 0 Å². The Morgan fingerprint density at radius 1 is 0.958 bits per heavy atom. The molecule has 5 aromatic rings. The van der Waals surface area contributed by atoms with Crippen molar-refractivity contribution in [2.45, 2.75) is 45.3 Å². The molecule has 1 unspecified atom stereocenters. The maximum absolute atomic E-state index is 13.0. The number of ether oxygens (including phenoxy) is 2. The van der Waals surface area contributed by atoms with E-state index in [2.05, 4.69) is 30.3 Å². The Morgan fingerprint density at radius 3 is 2.44 bits per heavy atom. The maximum Gasteiger partial charge on any atom is 0.491 e. The van der Waals surface area contributed by atoms with Gasteiger partial charge in [-0.05, 0) is 36.2 Å². The average molecular weight is 663 g/mol. The molecular weight excluding hydrogens is 633 g/mol. The van der Waals surface area contributed by atoms with Crippen LogP contribution in [-0.2, 0) is 38.8 Å². The number of aromatic amines is 1. The summed E-state index contributed by atoms with van der Waals surface area (Å²) >= 11 is 0. The number of anilines is 1. The third kappa shape index (κ3) is 8.84. The van der Waals surface area contributed by atoms with Gasteiger partial charge in [-0.25, -0.2) is 19.4 Å². The molecule has 0 fully saturated rings. The average Bonchev–Trinajstić information content (AvgIpc) is 3.49. The fourth-order valence-electron chi connectivity index (χ4n) is 4.75. The summed E-state index contributed by atoms with van der Waals surface area (Å²) in [7, 11) is 0. The normalized spacial score (nSPS) is 11.9. The molecule has 1 amide bonds. The second-order valence-electron chi connectivity index (χ2n) is 10.7. The minimum Gasteiger partial charge on any atom is -0.445 e. The van der Waals surface area contributed by atoms with Gasteiger partial charge in [0.25, 0.3) is 0 Å². The van der Waals surface area contributed by atoms with Crippen LogP contribution in [0, 0.1) is 6.92 Å². The highest BCUT2D eigenvalue weighted by Crippen LogP contribution is 2.22. The zero-order valence-corrected chi connectivity index (χ0v) is 25.4. The lowest BCUT2D eigenvalue weighted by atomic mass is 10.1. The van der Waals surface area contributed by atoms with Gasteiger partial charge in [0.1, 0.15) is 18.2 Å². The summed E-state index contributed by atoms with van der Waals surface area (Å²) in [6, 6.07) is 22.6. The Kier molecular flexibility index (Phi) is 10.2. The first-order valence-electron chi connectivity index (χ1n) is 14.6. The van der Waals surface area contributed by atoms with Gasteiger partial charge in [-0.15, -0.1) is 0 Å². The van der Waals surface area contributed by atoms with Gasteiger partial charge in [0.05, 0.1) is 23.5 Å². The number of aryl methyl sites for hydroxylation is 1. The fourth-order valence-corrected chi connectivity index (χ4v) is 4.75. The van der Waals surface area contributed by atoms with E-state index in [1.54, 1.807) is 37.3 Å². The summed E-state index contributed by atoms with van der Waals surface area (Å²) in [5.74, 6) is -3.29. The number of imidazole rings is 1. The molecule has 0 aliphatic heterocycles. The lowest BCUT2D eigenvalue weighted by Crippen LogP contribution is -2.43. The van der Waals surface area contributed by atoms with E-state index in [4.69, 9.17) is 4.74 Å². The van der Waals surface area contributed by atoms with Crippen LogP contribution >= 0.6 is 0 Å². The molecule has 1 atom stereocenters. The number of amides is 1. The van der Waals surface area contributed by atoms with Crippen molar-refractivity contribution >= 4 is 34.9 Å². The molecule has 0 saturated heterocycles. The number of benzene rings is 3. The Hall–Kier alpha value is -5.99. The number of aromatic nitrogens is 4. The van der Waals surface area contributed by atoms with E-state index in [-0.39, 0.29) is 12.4 Å². The number of esters is 2. The summed E-state index contributed by atoms with van der Waals surface area (Å²) < 4.78 is 48.0. The van der Waals surface area contributed by atoms with Crippen molar-refractivity contribution in [3.05, 3.63) is 112 Å². The van der Waals surface area contributed by atoms with Crippen LogP contribution in [0.25, 0.3) is 22.4 Å². The Morgan fingerprint density at radius 2 is 1.69 bits per heavy atom. The lowest BCUT2D eigenvalue weighted by Gasteiger charge is -2.20. The van der Waals surface area contributed by atoms with Gasteiger partial charge in [-0.3, -0.25) is 9.36 Å². The number of fused-ring (bicyclic) bond motifs is 1. The van der Waals surface area contributed by atoms with Crippen LogP contribution in [0.5, 0.6) is 0 Å². The molecule has 0 radical (unpaired) electrons. The molecule has 2 heterocycles. The Labute approximate surface area is 270 Å². The molecule has 248 valence electrons. The van der Waals surface area contributed by atoms with Crippen LogP contribution in [-0.4, -0.2) is 49.8 Å². The first kappa shape index (κ1) is 33.4. The topological polar surface area (TPSA) is 157 Å². The molecule has 0 aliphatic rings. The van der Waals surface area contributed by atoms with Gasteiger partial charge in [-0.2, -0.15) is 18.2 Å². The van der Waals surface area contributed by atoms with E-state index < -0.39 is 48.9 Å². The van der Waals surface area contributed by atoms with E-state index in [1.165, 1.54) is 6.20 Å².